The monoisotopic (exact) mass is 404 g/mol. The molecule has 1 unspecified atom stereocenters. The lowest BCUT2D eigenvalue weighted by Crippen LogP contribution is -2.21. The molecule has 1 aromatic rings. The maximum Gasteiger partial charge on any atom is 0.314 e. The summed E-state index contributed by atoms with van der Waals surface area (Å²) in [5.74, 6) is 0.0768. The SMILES string of the molecule is CCCCCCCCCC(=O)Oc1ccccc1OC(=O)C(CCC)CCCC. The Bertz CT molecular complexity index is 582. The van der Waals surface area contributed by atoms with E-state index in [1.807, 2.05) is 0 Å². The van der Waals surface area contributed by atoms with E-state index >= 15 is 0 Å². The molecule has 0 spiro atoms. The minimum Gasteiger partial charge on any atom is -0.423 e. The van der Waals surface area contributed by atoms with Crippen LogP contribution in [-0.2, 0) is 9.59 Å². The second-order valence-corrected chi connectivity index (χ2v) is 7.84. The zero-order valence-corrected chi connectivity index (χ0v) is 18.7. The quantitative estimate of drug-likeness (QED) is 0.165. The normalized spacial score (nSPS) is 11.8. The van der Waals surface area contributed by atoms with Gasteiger partial charge < -0.3 is 9.47 Å². The van der Waals surface area contributed by atoms with Crippen molar-refractivity contribution in [3.63, 3.8) is 0 Å². The third-order valence-electron chi connectivity index (χ3n) is 5.14. The first-order chi connectivity index (χ1) is 14.1. The molecule has 0 fully saturated rings. The molecule has 0 N–H and O–H groups in total. The number of para-hydroxylation sites is 2. The first-order valence-electron chi connectivity index (χ1n) is 11.6. The van der Waals surface area contributed by atoms with Gasteiger partial charge in [-0.1, -0.05) is 90.7 Å². The molecule has 0 saturated heterocycles. The molecule has 4 nitrogen and oxygen atoms in total. The largest absolute Gasteiger partial charge is 0.423 e. The maximum absolute atomic E-state index is 12.6. The number of rotatable bonds is 16. The van der Waals surface area contributed by atoms with Gasteiger partial charge in [0.1, 0.15) is 0 Å². The lowest BCUT2D eigenvalue weighted by atomic mass is 9.97. The van der Waals surface area contributed by atoms with Crippen molar-refractivity contribution < 1.29 is 19.1 Å². The highest BCUT2D eigenvalue weighted by atomic mass is 16.6. The summed E-state index contributed by atoms with van der Waals surface area (Å²) in [5.41, 5.74) is 0. The molecule has 29 heavy (non-hydrogen) atoms. The summed E-state index contributed by atoms with van der Waals surface area (Å²) in [6.45, 7) is 6.40. The first-order valence-corrected chi connectivity index (χ1v) is 11.6. The van der Waals surface area contributed by atoms with Crippen LogP contribution in [0.1, 0.15) is 104 Å². The van der Waals surface area contributed by atoms with Gasteiger partial charge >= 0.3 is 11.9 Å². The van der Waals surface area contributed by atoms with Gasteiger partial charge in [0.05, 0.1) is 5.92 Å². The number of ether oxygens (including phenoxy) is 2. The van der Waals surface area contributed by atoms with Crippen molar-refractivity contribution in [3.8, 4) is 11.5 Å². The minimum absolute atomic E-state index is 0.101. The van der Waals surface area contributed by atoms with Crippen LogP contribution in [0.15, 0.2) is 24.3 Å². The van der Waals surface area contributed by atoms with E-state index in [9.17, 15) is 9.59 Å². The minimum atomic E-state index is -0.266. The van der Waals surface area contributed by atoms with Crippen LogP contribution in [0.3, 0.4) is 0 Å². The maximum atomic E-state index is 12.6. The second-order valence-electron chi connectivity index (χ2n) is 7.84. The predicted molar refractivity (Wildman–Crippen MR) is 118 cm³/mol. The van der Waals surface area contributed by atoms with Crippen LogP contribution < -0.4 is 9.47 Å². The number of hydrogen-bond acceptors (Lipinski definition) is 4. The average Bonchev–Trinajstić information content (AvgIpc) is 2.71. The molecule has 0 heterocycles. The Labute approximate surface area is 177 Å². The van der Waals surface area contributed by atoms with E-state index in [0.29, 0.717) is 17.9 Å². The lowest BCUT2D eigenvalue weighted by Gasteiger charge is -2.16. The fourth-order valence-corrected chi connectivity index (χ4v) is 3.39. The van der Waals surface area contributed by atoms with Crippen molar-refractivity contribution >= 4 is 11.9 Å². The van der Waals surface area contributed by atoms with Gasteiger partial charge in [-0.05, 0) is 31.4 Å². The zero-order valence-electron chi connectivity index (χ0n) is 18.7. The number of hydrogen-bond donors (Lipinski definition) is 0. The van der Waals surface area contributed by atoms with Gasteiger partial charge in [0.2, 0.25) is 0 Å². The van der Waals surface area contributed by atoms with E-state index in [1.165, 1.54) is 25.7 Å². The summed E-state index contributed by atoms with van der Waals surface area (Å²) in [6, 6.07) is 6.95. The van der Waals surface area contributed by atoms with E-state index in [1.54, 1.807) is 24.3 Å². The van der Waals surface area contributed by atoms with E-state index in [0.717, 1.165) is 51.4 Å². The summed E-state index contributed by atoms with van der Waals surface area (Å²) in [7, 11) is 0. The van der Waals surface area contributed by atoms with Crippen LogP contribution in [-0.4, -0.2) is 11.9 Å². The van der Waals surface area contributed by atoms with Gasteiger partial charge in [0, 0.05) is 6.42 Å². The lowest BCUT2D eigenvalue weighted by molar-refractivity contribution is -0.140. The standard InChI is InChI=1S/C25H40O4/c1-4-7-9-10-11-12-13-20-24(26)28-22-18-14-15-19-23(22)29-25(27)21(16-6-3)17-8-5-2/h14-15,18-19,21H,4-13,16-17,20H2,1-3H3. The number of unbranched alkanes of at least 4 members (excludes halogenated alkanes) is 7. The molecule has 4 heteroatoms. The molecule has 0 aromatic heterocycles. The van der Waals surface area contributed by atoms with E-state index in [-0.39, 0.29) is 17.9 Å². The Hall–Kier alpha value is -1.84. The average molecular weight is 405 g/mol. The summed E-state index contributed by atoms with van der Waals surface area (Å²) >= 11 is 0. The van der Waals surface area contributed by atoms with Crippen LogP contribution in [0.5, 0.6) is 11.5 Å². The molecule has 1 atom stereocenters. The molecule has 0 amide bonds. The van der Waals surface area contributed by atoms with Crippen LogP contribution in [0.25, 0.3) is 0 Å². The Kier molecular flexibility index (Phi) is 13.9. The van der Waals surface area contributed by atoms with Crippen molar-refractivity contribution in [2.45, 2.75) is 104 Å². The molecular weight excluding hydrogens is 364 g/mol. The van der Waals surface area contributed by atoms with E-state index in [4.69, 9.17) is 9.47 Å². The van der Waals surface area contributed by atoms with Gasteiger partial charge in [-0.2, -0.15) is 0 Å². The Balaban J connectivity index is 2.51. The van der Waals surface area contributed by atoms with Gasteiger partial charge in [0.25, 0.3) is 0 Å². The molecular formula is C25H40O4. The number of benzene rings is 1. The van der Waals surface area contributed by atoms with Crippen molar-refractivity contribution in [3.05, 3.63) is 24.3 Å². The Morgan fingerprint density at radius 3 is 1.93 bits per heavy atom. The third kappa shape index (κ3) is 11.1. The summed E-state index contributed by atoms with van der Waals surface area (Å²) in [4.78, 5) is 24.8. The number of esters is 2. The number of carbonyl (C=O) groups excluding carboxylic acids is 2. The zero-order chi connectivity index (χ0) is 21.3. The fraction of sp³-hybridized carbons (Fsp3) is 0.680. The van der Waals surface area contributed by atoms with E-state index < -0.39 is 0 Å². The van der Waals surface area contributed by atoms with Crippen LogP contribution >= 0.6 is 0 Å². The Morgan fingerprint density at radius 2 is 1.31 bits per heavy atom. The second kappa shape index (κ2) is 16.0. The smallest absolute Gasteiger partial charge is 0.314 e. The van der Waals surface area contributed by atoms with Gasteiger partial charge in [-0.25, -0.2) is 0 Å². The molecule has 0 bridgehead atoms. The molecule has 0 aliphatic rings. The summed E-state index contributed by atoms with van der Waals surface area (Å²) in [5, 5.41) is 0. The van der Waals surface area contributed by atoms with Gasteiger partial charge in [-0.15, -0.1) is 0 Å². The van der Waals surface area contributed by atoms with Crippen LogP contribution in [0, 0.1) is 5.92 Å². The molecule has 0 saturated carbocycles. The van der Waals surface area contributed by atoms with Crippen LogP contribution in [0.4, 0.5) is 0 Å². The summed E-state index contributed by atoms with van der Waals surface area (Å²) in [6.07, 6.45) is 13.1. The molecule has 0 radical (unpaired) electrons. The molecule has 0 aliphatic carbocycles. The van der Waals surface area contributed by atoms with Gasteiger partial charge in [0.15, 0.2) is 11.5 Å². The highest BCUT2D eigenvalue weighted by Gasteiger charge is 2.21. The fourth-order valence-electron chi connectivity index (χ4n) is 3.39. The van der Waals surface area contributed by atoms with E-state index in [2.05, 4.69) is 20.8 Å². The Morgan fingerprint density at radius 1 is 0.724 bits per heavy atom. The molecule has 1 aromatic carbocycles. The highest BCUT2D eigenvalue weighted by Crippen LogP contribution is 2.29. The van der Waals surface area contributed by atoms with Crippen molar-refractivity contribution in [1.82, 2.24) is 0 Å². The van der Waals surface area contributed by atoms with Crippen molar-refractivity contribution in [2.75, 3.05) is 0 Å². The van der Waals surface area contributed by atoms with Crippen LogP contribution in [0.2, 0.25) is 0 Å². The van der Waals surface area contributed by atoms with Crippen molar-refractivity contribution in [1.29, 1.82) is 0 Å². The molecule has 0 aliphatic heterocycles. The number of carbonyl (C=O) groups is 2. The third-order valence-corrected chi connectivity index (χ3v) is 5.14. The van der Waals surface area contributed by atoms with Crippen molar-refractivity contribution in [2.24, 2.45) is 5.92 Å². The summed E-state index contributed by atoms with van der Waals surface area (Å²) < 4.78 is 11.1. The highest BCUT2D eigenvalue weighted by molar-refractivity contribution is 5.77. The van der Waals surface area contributed by atoms with Gasteiger partial charge in [-0.3, -0.25) is 9.59 Å². The molecule has 164 valence electrons. The topological polar surface area (TPSA) is 52.6 Å². The molecule has 1 rings (SSSR count). The first kappa shape index (κ1) is 25.2. The predicted octanol–water partition coefficient (Wildman–Crippen LogP) is 7.24.